The molecular weight excluding hydrogens is 156 g/mol. The third-order valence-electron chi connectivity index (χ3n) is 1.91. The smallest absolute Gasteiger partial charge is 0.162 e. The highest BCUT2D eigenvalue weighted by Gasteiger charge is 2.34. The van der Waals surface area contributed by atoms with Crippen molar-refractivity contribution in [3.8, 4) is 0 Å². The van der Waals surface area contributed by atoms with Gasteiger partial charge in [-0.15, -0.1) is 0 Å². The molecule has 1 rings (SSSR count). The summed E-state index contributed by atoms with van der Waals surface area (Å²) in [6.45, 7) is 7.03. The average Bonchev–Trinajstić information content (AvgIpc) is 2.35. The Morgan fingerprint density at radius 2 is 2.08 bits per heavy atom. The van der Waals surface area contributed by atoms with E-state index in [1.54, 1.807) is 0 Å². The first-order valence-electron chi connectivity index (χ1n) is 4.42. The van der Waals surface area contributed by atoms with Gasteiger partial charge in [0.25, 0.3) is 0 Å². The van der Waals surface area contributed by atoms with Crippen molar-refractivity contribution in [3.63, 3.8) is 0 Å². The normalized spacial score (nSPS) is 31.0. The van der Waals surface area contributed by atoms with Gasteiger partial charge in [-0.2, -0.15) is 0 Å². The Kier molecular flexibility index (Phi) is 3.09. The van der Waals surface area contributed by atoms with Gasteiger partial charge in [-0.1, -0.05) is 20.8 Å². The van der Waals surface area contributed by atoms with Gasteiger partial charge in [0.15, 0.2) is 6.29 Å². The van der Waals surface area contributed by atoms with Crippen LogP contribution in [0.4, 0.5) is 0 Å². The monoisotopic (exact) mass is 174 g/mol. The summed E-state index contributed by atoms with van der Waals surface area (Å²) in [4.78, 5) is 0. The van der Waals surface area contributed by atoms with Gasteiger partial charge >= 0.3 is 0 Å². The molecule has 3 heteroatoms. The maximum absolute atomic E-state index is 8.68. The molecule has 0 unspecified atom stereocenters. The molecule has 0 saturated carbocycles. The first-order chi connectivity index (χ1) is 5.54. The lowest BCUT2D eigenvalue weighted by Crippen LogP contribution is -2.27. The number of aliphatic hydroxyl groups excluding tert-OH is 1. The van der Waals surface area contributed by atoms with E-state index in [4.69, 9.17) is 14.6 Å². The zero-order valence-electron chi connectivity index (χ0n) is 8.04. The van der Waals surface area contributed by atoms with Gasteiger partial charge in [0.2, 0.25) is 0 Å². The van der Waals surface area contributed by atoms with E-state index >= 15 is 0 Å². The maximum atomic E-state index is 8.68. The summed E-state index contributed by atoms with van der Waals surface area (Å²) in [6, 6.07) is 0. The van der Waals surface area contributed by atoms with Crippen molar-refractivity contribution >= 4 is 0 Å². The summed E-state index contributed by atoms with van der Waals surface area (Å²) in [7, 11) is 0. The van der Waals surface area contributed by atoms with Crippen molar-refractivity contribution in [1.29, 1.82) is 0 Å². The molecule has 0 aromatic rings. The van der Waals surface area contributed by atoms with Gasteiger partial charge in [-0.25, -0.2) is 0 Å². The highest BCUT2D eigenvalue weighted by molar-refractivity contribution is 4.74. The molecule has 1 heterocycles. The van der Waals surface area contributed by atoms with Gasteiger partial charge in [0, 0.05) is 12.0 Å². The van der Waals surface area contributed by atoms with E-state index in [1.165, 1.54) is 0 Å². The lowest BCUT2D eigenvalue weighted by atomic mass is 9.96. The van der Waals surface area contributed by atoms with Crippen LogP contribution < -0.4 is 0 Å². The second-order valence-electron chi connectivity index (χ2n) is 4.30. The number of hydrogen-bond acceptors (Lipinski definition) is 3. The minimum atomic E-state index is -0.117. The van der Waals surface area contributed by atoms with Crippen molar-refractivity contribution < 1.29 is 14.6 Å². The van der Waals surface area contributed by atoms with E-state index in [1.807, 2.05) is 0 Å². The third kappa shape index (κ3) is 2.44. The molecule has 1 fully saturated rings. The van der Waals surface area contributed by atoms with Crippen molar-refractivity contribution in [2.75, 3.05) is 13.2 Å². The fraction of sp³-hybridized carbons (Fsp3) is 1.00. The Morgan fingerprint density at radius 3 is 2.50 bits per heavy atom. The van der Waals surface area contributed by atoms with Crippen molar-refractivity contribution in [1.82, 2.24) is 0 Å². The summed E-state index contributed by atoms with van der Waals surface area (Å²) < 4.78 is 11.0. The number of rotatable bonds is 2. The van der Waals surface area contributed by atoms with Crippen molar-refractivity contribution in [3.05, 3.63) is 0 Å². The van der Waals surface area contributed by atoms with E-state index in [-0.39, 0.29) is 24.4 Å². The highest BCUT2D eigenvalue weighted by Crippen LogP contribution is 2.29. The standard InChI is InChI=1S/C9H18O3/c1-9(2,3)8-11-6-7(12-8)4-5-10/h7-8,10H,4-6H2,1-3H3/t7-,8+/m1/s1. The maximum Gasteiger partial charge on any atom is 0.162 e. The van der Waals surface area contributed by atoms with Gasteiger partial charge in [0.05, 0.1) is 12.7 Å². The molecular formula is C9H18O3. The Balaban J connectivity index is 2.35. The van der Waals surface area contributed by atoms with Crippen LogP contribution in [0.5, 0.6) is 0 Å². The van der Waals surface area contributed by atoms with E-state index in [0.29, 0.717) is 13.0 Å². The van der Waals surface area contributed by atoms with E-state index in [9.17, 15) is 0 Å². The Hall–Kier alpha value is -0.120. The van der Waals surface area contributed by atoms with Gasteiger partial charge in [0.1, 0.15) is 0 Å². The summed E-state index contributed by atoms with van der Waals surface area (Å²) in [6.07, 6.45) is 0.639. The molecule has 2 atom stereocenters. The van der Waals surface area contributed by atoms with E-state index in [2.05, 4.69) is 20.8 Å². The molecule has 1 N–H and O–H groups in total. The second kappa shape index (κ2) is 3.73. The molecule has 0 amide bonds. The molecule has 1 aliphatic rings. The van der Waals surface area contributed by atoms with E-state index < -0.39 is 0 Å². The lowest BCUT2D eigenvalue weighted by molar-refractivity contribution is -0.125. The molecule has 0 aliphatic carbocycles. The Bertz CT molecular complexity index is 139. The minimum Gasteiger partial charge on any atom is -0.396 e. The Labute approximate surface area is 73.7 Å². The zero-order valence-corrected chi connectivity index (χ0v) is 8.04. The highest BCUT2D eigenvalue weighted by atomic mass is 16.7. The van der Waals surface area contributed by atoms with Crippen LogP contribution in [0, 0.1) is 5.41 Å². The van der Waals surface area contributed by atoms with Crippen LogP contribution in [0.15, 0.2) is 0 Å². The van der Waals surface area contributed by atoms with Gasteiger partial charge in [-0.05, 0) is 6.42 Å². The molecule has 3 nitrogen and oxygen atoms in total. The largest absolute Gasteiger partial charge is 0.396 e. The van der Waals surface area contributed by atoms with Gasteiger partial charge < -0.3 is 14.6 Å². The third-order valence-corrected chi connectivity index (χ3v) is 1.91. The fourth-order valence-corrected chi connectivity index (χ4v) is 1.20. The molecule has 0 spiro atoms. The van der Waals surface area contributed by atoms with Crippen LogP contribution in [0.2, 0.25) is 0 Å². The van der Waals surface area contributed by atoms with Crippen LogP contribution in [0.1, 0.15) is 27.2 Å². The Morgan fingerprint density at radius 1 is 1.42 bits per heavy atom. The van der Waals surface area contributed by atoms with Crippen LogP contribution >= 0.6 is 0 Å². The lowest BCUT2D eigenvalue weighted by Gasteiger charge is -2.25. The molecule has 0 aromatic heterocycles. The minimum absolute atomic E-state index is 0.0320. The van der Waals surface area contributed by atoms with Crippen LogP contribution in [-0.4, -0.2) is 30.7 Å². The van der Waals surface area contributed by atoms with Crippen molar-refractivity contribution in [2.24, 2.45) is 5.41 Å². The fourth-order valence-electron chi connectivity index (χ4n) is 1.20. The summed E-state index contributed by atoms with van der Waals surface area (Å²) in [5.41, 5.74) is 0.0320. The predicted molar refractivity (Wildman–Crippen MR) is 45.8 cm³/mol. The zero-order chi connectivity index (χ0) is 9.19. The summed E-state index contributed by atoms with van der Waals surface area (Å²) >= 11 is 0. The molecule has 1 aliphatic heterocycles. The average molecular weight is 174 g/mol. The second-order valence-corrected chi connectivity index (χ2v) is 4.30. The first kappa shape index (κ1) is 9.96. The number of ether oxygens (including phenoxy) is 2. The molecule has 0 aromatic carbocycles. The van der Waals surface area contributed by atoms with Crippen LogP contribution in [0.3, 0.4) is 0 Å². The van der Waals surface area contributed by atoms with Crippen molar-refractivity contribution in [2.45, 2.75) is 39.6 Å². The molecule has 0 radical (unpaired) electrons. The SMILES string of the molecule is CC(C)(C)[C@H]1OC[C@@H](CCO)O1. The summed E-state index contributed by atoms with van der Waals surface area (Å²) in [5.74, 6) is 0. The predicted octanol–water partition coefficient (Wildman–Crippen LogP) is 1.16. The molecule has 12 heavy (non-hydrogen) atoms. The topological polar surface area (TPSA) is 38.7 Å². The summed E-state index contributed by atoms with van der Waals surface area (Å²) in [5, 5.41) is 8.68. The van der Waals surface area contributed by atoms with Crippen LogP contribution in [-0.2, 0) is 9.47 Å². The quantitative estimate of drug-likeness (QED) is 0.682. The number of hydrogen-bond donors (Lipinski definition) is 1. The van der Waals surface area contributed by atoms with Gasteiger partial charge in [-0.3, -0.25) is 0 Å². The first-order valence-corrected chi connectivity index (χ1v) is 4.42. The molecule has 72 valence electrons. The number of aliphatic hydroxyl groups is 1. The van der Waals surface area contributed by atoms with Crippen LogP contribution in [0.25, 0.3) is 0 Å². The molecule has 1 saturated heterocycles. The van der Waals surface area contributed by atoms with E-state index in [0.717, 1.165) is 0 Å². The molecule has 0 bridgehead atoms.